The van der Waals surface area contributed by atoms with E-state index in [9.17, 15) is 4.79 Å². The molecule has 1 N–H and O–H groups in total. The maximum absolute atomic E-state index is 13.0. The smallest absolute Gasteiger partial charge is 0.254 e. The highest BCUT2D eigenvalue weighted by atomic mass is 16.5. The molecule has 0 unspecified atom stereocenters. The van der Waals surface area contributed by atoms with E-state index < -0.39 is 0 Å². The lowest BCUT2D eigenvalue weighted by atomic mass is 10.0. The third-order valence-electron chi connectivity index (χ3n) is 4.74. The summed E-state index contributed by atoms with van der Waals surface area (Å²) in [6, 6.07) is 13.3. The third-order valence-corrected chi connectivity index (χ3v) is 4.74. The molecule has 0 bridgehead atoms. The van der Waals surface area contributed by atoms with E-state index in [0.717, 1.165) is 27.6 Å². The summed E-state index contributed by atoms with van der Waals surface area (Å²) < 4.78 is 5.80. The molecule has 29 heavy (non-hydrogen) atoms. The number of nitrogens with zero attached hydrogens (tertiary/aromatic N) is 4. The number of benzene rings is 2. The second-order valence-corrected chi connectivity index (χ2v) is 6.69. The van der Waals surface area contributed by atoms with Crippen LogP contribution in [0.4, 0.5) is 0 Å². The summed E-state index contributed by atoms with van der Waals surface area (Å²) in [7, 11) is 1.79. The fraction of sp³-hybridized carbons (Fsp3) is 0.182. The van der Waals surface area contributed by atoms with Crippen molar-refractivity contribution in [2.24, 2.45) is 0 Å². The van der Waals surface area contributed by atoms with Crippen LogP contribution in [0, 0.1) is 0 Å². The molecule has 0 aliphatic rings. The Hall–Kier alpha value is -3.74. The van der Waals surface area contributed by atoms with Gasteiger partial charge in [-0.2, -0.15) is 15.3 Å². The lowest BCUT2D eigenvalue weighted by Crippen LogP contribution is -2.26. The first-order chi connectivity index (χ1) is 14.2. The molecule has 4 aromatic rings. The van der Waals surface area contributed by atoms with Gasteiger partial charge in [-0.3, -0.25) is 9.89 Å². The minimum atomic E-state index is -0.0816. The first-order valence-corrected chi connectivity index (χ1v) is 9.37. The SMILES string of the molecule is CCOc1cc(C(=O)N(C)Cc2cccc3cn[nH]c23)ccc1-c1ccnnc1. The molecule has 4 rings (SSSR count). The Bertz CT molecular complexity index is 1140. The van der Waals surface area contributed by atoms with Crippen molar-refractivity contribution < 1.29 is 9.53 Å². The van der Waals surface area contributed by atoms with E-state index >= 15 is 0 Å². The fourth-order valence-corrected chi connectivity index (χ4v) is 3.33. The minimum absolute atomic E-state index is 0.0816. The number of rotatable bonds is 6. The molecule has 0 fully saturated rings. The van der Waals surface area contributed by atoms with Crippen molar-refractivity contribution in [1.82, 2.24) is 25.3 Å². The van der Waals surface area contributed by atoms with Gasteiger partial charge in [0, 0.05) is 35.7 Å². The Labute approximate surface area is 168 Å². The highest BCUT2D eigenvalue weighted by Gasteiger charge is 2.17. The molecule has 0 spiro atoms. The molecule has 2 aromatic heterocycles. The van der Waals surface area contributed by atoms with Crippen molar-refractivity contribution in [3.8, 4) is 16.9 Å². The maximum atomic E-state index is 13.0. The quantitative estimate of drug-likeness (QED) is 0.545. The van der Waals surface area contributed by atoms with E-state index in [0.29, 0.717) is 24.5 Å². The minimum Gasteiger partial charge on any atom is -0.493 e. The number of amides is 1. The summed E-state index contributed by atoms with van der Waals surface area (Å²) in [6.07, 6.45) is 5.09. The normalized spacial score (nSPS) is 10.8. The number of carbonyl (C=O) groups excluding carboxylic acids is 1. The molecule has 146 valence electrons. The van der Waals surface area contributed by atoms with Gasteiger partial charge in [0.15, 0.2) is 0 Å². The van der Waals surface area contributed by atoms with Gasteiger partial charge in [-0.1, -0.05) is 18.2 Å². The molecule has 0 saturated carbocycles. The van der Waals surface area contributed by atoms with Crippen LogP contribution in [0.15, 0.2) is 61.1 Å². The number of para-hydroxylation sites is 1. The molecule has 0 aliphatic heterocycles. The summed E-state index contributed by atoms with van der Waals surface area (Å²) in [5.74, 6) is 0.567. The monoisotopic (exact) mass is 387 g/mol. The number of aromatic amines is 1. The van der Waals surface area contributed by atoms with Crippen molar-refractivity contribution in [3.63, 3.8) is 0 Å². The van der Waals surface area contributed by atoms with Crippen molar-refractivity contribution in [1.29, 1.82) is 0 Å². The van der Waals surface area contributed by atoms with E-state index in [1.54, 1.807) is 36.6 Å². The Morgan fingerprint density at radius 3 is 2.83 bits per heavy atom. The number of hydrogen-bond donors (Lipinski definition) is 1. The van der Waals surface area contributed by atoms with E-state index in [4.69, 9.17) is 4.74 Å². The lowest BCUT2D eigenvalue weighted by molar-refractivity contribution is 0.0785. The van der Waals surface area contributed by atoms with Gasteiger partial charge in [0.1, 0.15) is 5.75 Å². The molecule has 0 saturated heterocycles. The van der Waals surface area contributed by atoms with Crippen LogP contribution in [-0.4, -0.2) is 44.9 Å². The number of carbonyl (C=O) groups is 1. The maximum Gasteiger partial charge on any atom is 0.254 e. The molecular formula is C22H21N5O2. The summed E-state index contributed by atoms with van der Waals surface area (Å²) in [4.78, 5) is 14.7. The summed E-state index contributed by atoms with van der Waals surface area (Å²) >= 11 is 0. The Kier molecular flexibility index (Phi) is 5.20. The standard InChI is InChI=1S/C22H21N5O2/c1-3-29-20-11-15(7-8-19(20)16-9-10-23-24-12-16)22(28)27(2)14-18-6-4-5-17-13-25-26-21(17)18/h4-13H,3,14H2,1-2H3,(H,25,26). The van der Waals surface area contributed by atoms with Crippen molar-refractivity contribution in [3.05, 3.63) is 72.2 Å². The summed E-state index contributed by atoms with van der Waals surface area (Å²) in [5, 5.41) is 15.9. The van der Waals surface area contributed by atoms with Crippen LogP contribution in [-0.2, 0) is 6.54 Å². The van der Waals surface area contributed by atoms with Crippen LogP contribution in [0.25, 0.3) is 22.0 Å². The van der Waals surface area contributed by atoms with Crippen LogP contribution >= 0.6 is 0 Å². The van der Waals surface area contributed by atoms with Gasteiger partial charge in [0.25, 0.3) is 5.91 Å². The molecule has 7 heteroatoms. The highest BCUT2D eigenvalue weighted by Crippen LogP contribution is 2.31. The predicted octanol–water partition coefficient (Wildman–Crippen LogP) is 3.69. The fourth-order valence-electron chi connectivity index (χ4n) is 3.33. The van der Waals surface area contributed by atoms with E-state index in [1.807, 2.05) is 43.3 Å². The third kappa shape index (κ3) is 3.80. The molecule has 0 atom stereocenters. The zero-order valence-corrected chi connectivity index (χ0v) is 16.3. The number of H-pyrrole nitrogens is 1. The van der Waals surface area contributed by atoms with E-state index in [-0.39, 0.29) is 5.91 Å². The van der Waals surface area contributed by atoms with Gasteiger partial charge in [-0.25, -0.2) is 0 Å². The van der Waals surface area contributed by atoms with Gasteiger partial charge in [0.05, 0.1) is 30.7 Å². The van der Waals surface area contributed by atoms with Crippen LogP contribution in [0.3, 0.4) is 0 Å². The molecule has 0 aliphatic carbocycles. The average molecular weight is 387 g/mol. The van der Waals surface area contributed by atoms with Crippen molar-refractivity contribution in [2.75, 3.05) is 13.7 Å². The first kappa shape index (κ1) is 18.6. The zero-order valence-electron chi connectivity index (χ0n) is 16.3. The number of fused-ring (bicyclic) bond motifs is 1. The number of aromatic nitrogens is 4. The lowest BCUT2D eigenvalue weighted by Gasteiger charge is -2.19. The largest absolute Gasteiger partial charge is 0.493 e. The van der Waals surface area contributed by atoms with Gasteiger partial charge in [0.2, 0.25) is 0 Å². The summed E-state index contributed by atoms with van der Waals surface area (Å²) in [5.41, 5.74) is 4.30. The van der Waals surface area contributed by atoms with Gasteiger partial charge < -0.3 is 9.64 Å². The van der Waals surface area contributed by atoms with Crippen molar-refractivity contribution >= 4 is 16.8 Å². The molecule has 2 aromatic carbocycles. The molecule has 7 nitrogen and oxygen atoms in total. The average Bonchev–Trinajstić information content (AvgIpc) is 3.24. The molecular weight excluding hydrogens is 366 g/mol. The molecule has 0 radical (unpaired) electrons. The van der Waals surface area contributed by atoms with Crippen LogP contribution in [0.1, 0.15) is 22.8 Å². The first-order valence-electron chi connectivity index (χ1n) is 9.37. The van der Waals surface area contributed by atoms with E-state index in [2.05, 4.69) is 20.4 Å². The van der Waals surface area contributed by atoms with E-state index in [1.165, 1.54) is 0 Å². The van der Waals surface area contributed by atoms with Crippen LogP contribution < -0.4 is 4.74 Å². The number of ether oxygens (including phenoxy) is 1. The number of hydrogen-bond acceptors (Lipinski definition) is 5. The summed E-state index contributed by atoms with van der Waals surface area (Å²) in [6.45, 7) is 2.89. The second-order valence-electron chi connectivity index (χ2n) is 6.69. The van der Waals surface area contributed by atoms with Gasteiger partial charge >= 0.3 is 0 Å². The molecule has 1 amide bonds. The number of nitrogens with one attached hydrogen (secondary N) is 1. The van der Waals surface area contributed by atoms with Crippen LogP contribution in [0.2, 0.25) is 0 Å². The highest BCUT2D eigenvalue weighted by molar-refractivity contribution is 5.95. The zero-order chi connectivity index (χ0) is 20.2. The Morgan fingerprint density at radius 1 is 1.14 bits per heavy atom. The topological polar surface area (TPSA) is 84.0 Å². The molecule has 2 heterocycles. The van der Waals surface area contributed by atoms with Gasteiger partial charge in [-0.15, -0.1) is 0 Å². The Morgan fingerprint density at radius 2 is 2.03 bits per heavy atom. The predicted molar refractivity (Wildman–Crippen MR) is 111 cm³/mol. The second kappa shape index (κ2) is 8.10. The Balaban J connectivity index is 1.61. The van der Waals surface area contributed by atoms with Crippen LogP contribution in [0.5, 0.6) is 5.75 Å². The van der Waals surface area contributed by atoms with Crippen molar-refractivity contribution in [2.45, 2.75) is 13.5 Å². The van der Waals surface area contributed by atoms with Gasteiger partial charge in [-0.05, 0) is 36.8 Å².